The van der Waals surface area contributed by atoms with Crippen LogP contribution in [0.4, 0.5) is 11.4 Å². The lowest BCUT2D eigenvalue weighted by Gasteiger charge is -2.24. The van der Waals surface area contributed by atoms with Crippen LogP contribution in [0, 0.1) is 11.3 Å². The summed E-state index contributed by atoms with van der Waals surface area (Å²) in [6.45, 7) is 1.48. The molecule has 1 rings (SSSR count). The minimum absolute atomic E-state index is 0.105. The number of amides is 1. The monoisotopic (exact) mass is 357 g/mol. The number of benzene rings is 1. The number of anilines is 2. The van der Waals surface area contributed by atoms with Crippen LogP contribution in [0.1, 0.15) is 13.3 Å². The molecule has 0 unspecified atom stereocenters. The highest BCUT2D eigenvalue weighted by Gasteiger charge is 2.12. The molecule has 0 aromatic heterocycles. The first-order valence-corrected chi connectivity index (χ1v) is 8.32. The number of hydrogen-bond donors (Lipinski definition) is 2. The maximum absolute atomic E-state index is 11.2. The van der Waals surface area contributed by atoms with E-state index in [0.29, 0.717) is 23.7 Å². The number of hydrogen-bond acceptors (Lipinski definition) is 7. The molecule has 24 heavy (non-hydrogen) atoms. The normalized spacial score (nSPS) is 10.8. The zero-order chi connectivity index (χ0) is 18.2. The van der Waals surface area contributed by atoms with Crippen LogP contribution in [-0.2, 0) is 19.4 Å². The summed E-state index contributed by atoms with van der Waals surface area (Å²) in [6, 6.07) is 6.96. The third kappa shape index (κ3) is 7.28. The summed E-state index contributed by atoms with van der Waals surface area (Å²) in [5.74, 6) is 0.224. The van der Waals surface area contributed by atoms with Crippen molar-refractivity contribution >= 4 is 27.7 Å². The first-order valence-electron chi connectivity index (χ1n) is 6.95. The van der Waals surface area contributed by atoms with Crippen molar-refractivity contribution in [1.29, 1.82) is 5.26 Å². The Hall–Kier alpha value is -2.35. The highest BCUT2D eigenvalue weighted by atomic mass is 32.3. The molecule has 0 aliphatic heterocycles. The first kappa shape index (κ1) is 19.7. The fraction of sp³-hybridized carbons (Fsp3) is 0.429. The molecule has 9 nitrogen and oxygen atoms in total. The van der Waals surface area contributed by atoms with Crippen LogP contribution >= 0.6 is 0 Å². The SMILES string of the molecule is COc1cc(NC(C)=O)cc(N(CCC#N)CCOS(=O)(=O)O)c1. The number of nitrogens with zero attached hydrogens (tertiary/aromatic N) is 2. The predicted octanol–water partition coefficient (Wildman–Crippen LogP) is 1.19. The number of nitriles is 1. The van der Waals surface area contributed by atoms with E-state index in [0.717, 1.165) is 0 Å². The Morgan fingerprint density at radius 1 is 1.38 bits per heavy atom. The Morgan fingerprint density at radius 2 is 2.08 bits per heavy atom. The molecule has 0 heterocycles. The molecule has 1 aromatic carbocycles. The Kier molecular flexibility index (Phi) is 7.44. The van der Waals surface area contributed by atoms with Gasteiger partial charge in [0.2, 0.25) is 5.91 Å². The zero-order valence-corrected chi connectivity index (χ0v) is 14.2. The topological polar surface area (TPSA) is 129 Å². The minimum Gasteiger partial charge on any atom is -0.497 e. The van der Waals surface area contributed by atoms with Crippen LogP contribution in [0.25, 0.3) is 0 Å². The fourth-order valence-electron chi connectivity index (χ4n) is 1.97. The molecule has 0 aliphatic carbocycles. The molecule has 0 saturated heterocycles. The number of ether oxygens (including phenoxy) is 1. The second-order valence-corrected chi connectivity index (χ2v) is 5.84. The van der Waals surface area contributed by atoms with Gasteiger partial charge in [0.15, 0.2) is 0 Å². The number of rotatable bonds is 9. The van der Waals surface area contributed by atoms with Gasteiger partial charge in [-0.25, -0.2) is 4.18 Å². The molecule has 0 bridgehead atoms. The smallest absolute Gasteiger partial charge is 0.397 e. The number of carbonyl (C=O) groups excluding carboxylic acids is 1. The van der Waals surface area contributed by atoms with Crippen molar-refractivity contribution in [2.45, 2.75) is 13.3 Å². The Balaban J connectivity index is 3.02. The molecule has 10 heteroatoms. The van der Waals surface area contributed by atoms with E-state index >= 15 is 0 Å². The number of carbonyl (C=O) groups is 1. The maximum Gasteiger partial charge on any atom is 0.397 e. The summed E-state index contributed by atoms with van der Waals surface area (Å²) in [5, 5.41) is 11.4. The van der Waals surface area contributed by atoms with Gasteiger partial charge in [0.25, 0.3) is 0 Å². The Morgan fingerprint density at radius 3 is 2.62 bits per heavy atom. The van der Waals surface area contributed by atoms with Crippen molar-refractivity contribution in [2.75, 3.05) is 37.0 Å². The van der Waals surface area contributed by atoms with E-state index in [1.807, 2.05) is 6.07 Å². The van der Waals surface area contributed by atoms with Crippen molar-refractivity contribution in [1.82, 2.24) is 0 Å². The van der Waals surface area contributed by atoms with Crippen LogP contribution in [-0.4, -0.2) is 45.7 Å². The molecular weight excluding hydrogens is 338 g/mol. The van der Waals surface area contributed by atoms with E-state index in [2.05, 4.69) is 9.50 Å². The highest BCUT2D eigenvalue weighted by molar-refractivity contribution is 7.80. The van der Waals surface area contributed by atoms with Gasteiger partial charge >= 0.3 is 10.4 Å². The van der Waals surface area contributed by atoms with Crippen LogP contribution < -0.4 is 15.0 Å². The van der Waals surface area contributed by atoms with Gasteiger partial charge in [-0.15, -0.1) is 0 Å². The van der Waals surface area contributed by atoms with Gasteiger partial charge in [-0.3, -0.25) is 9.35 Å². The fourth-order valence-corrected chi connectivity index (χ4v) is 2.25. The lowest BCUT2D eigenvalue weighted by Crippen LogP contribution is -2.29. The summed E-state index contributed by atoms with van der Waals surface area (Å²) in [4.78, 5) is 12.9. The van der Waals surface area contributed by atoms with Crippen molar-refractivity contribution in [2.24, 2.45) is 0 Å². The van der Waals surface area contributed by atoms with Crippen LogP contribution in [0.2, 0.25) is 0 Å². The van der Waals surface area contributed by atoms with Gasteiger partial charge < -0.3 is 15.0 Å². The standard InChI is InChI=1S/C14H19N3O6S/c1-11(18)16-12-8-13(10-14(9-12)22-2)17(5-3-4-15)6-7-23-24(19,20)21/h8-10H,3,5-7H2,1-2H3,(H,16,18)(H,19,20,21). The van der Waals surface area contributed by atoms with E-state index < -0.39 is 10.4 Å². The molecule has 0 atom stereocenters. The molecule has 132 valence electrons. The van der Waals surface area contributed by atoms with Crippen molar-refractivity contribution in [3.8, 4) is 11.8 Å². The van der Waals surface area contributed by atoms with Crippen molar-refractivity contribution < 1.29 is 26.7 Å². The zero-order valence-electron chi connectivity index (χ0n) is 13.4. The summed E-state index contributed by atoms with van der Waals surface area (Å²) >= 11 is 0. The Bertz CT molecular complexity index is 714. The Labute approximate surface area is 140 Å². The van der Waals surface area contributed by atoms with Crippen LogP contribution in [0.5, 0.6) is 5.75 Å². The molecule has 2 N–H and O–H groups in total. The number of methoxy groups -OCH3 is 1. The average molecular weight is 357 g/mol. The molecule has 0 saturated carbocycles. The summed E-state index contributed by atoms with van der Waals surface area (Å²) < 4.78 is 39.4. The summed E-state index contributed by atoms with van der Waals surface area (Å²) in [5.41, 5.74) is 1.10. The minimum atomic E-state index is -4.53. The molecule has 1 amide bonds. The van der Waals surface area contributed by atoms with Gasteiger partial charge in [0.1, 0.15) is 5.75 Å². The highest BCUT2D eigenvalue weighted by Crippen LogP contribution is 2.27. The van der Waals surface area contributed by atoms with Gasteiger partial charge in [-0.1, -0.05) is 0 Å². The van der Waals surface area contributed by atoms with Gasteiger partial charge in [-0.05, 0) is 6.07 Å². The molecular formula is C14H19N3O6S. The molecule has 0 radical (unpaired) electrons. The van der Waals surface area contributed by atoms with Gasteiger partial charge in [0, 0.05) is 43.5 Å². The first-order chi connectivity index (χ1) is 11.2. The summed E-state index contributed by atoms with van der Waals surface area (Å²) in [7, 11) is -3.06. The molecule has 0 fully saturated rings. The van der Waals surface area contributed by atoms with Crippen molar-refractivity contribution in [3.05, 3.63) is 18.2 Å². The van der Waals surface area contributed by atoms with Crippen LogP contribution in [0.3, 0.4) is 0 Å². The van der Waals surface area contributed by atoms with Crippen molar-refractivity contribution in [3.63, 3.8) is 0 Å². The second-order valence-electron chi connectivity index (χ2n) is 4.75. The van der Waals surface area contributed by atoms with E-state index in [1.165, 1.54) is 14.0 Å². The quantitative estimate of drug-likeness (QED) is 0.631. The predicted molar refractivity (Wildman–Crippen MR) is 87.2 cm³/mol. The summed E-state index contributed by atoms with van der Waals surface area (Å²) in [6.07, 6.45) is 0.193. The largest absolute Gasteiger partial charge is 0.497 e. The molecule has 1 aromatic rings. The van der Waals surface area contributed by atoms with E-state index in [4.69, 9.17) is 14.6 Å². The average Bonchev–Trinajstić information content (AvgIpc) is 2.48. The third-order valence-corrected chi connectivity index (χ3v) is 3.36. The van der Waals surface area contributed by atoms with Gasteiger partial charge in [0.05, 0.1) is 26.2 Å². The maximum atomic E-state index is 11.2. The third-order valence-electron chi connectivity index (χ3n) is 2.90. The van der Waals surface area contributed by atoms with Gasteiger partial charge in [-0.2, -0.15) is 13.7 Å². The van der Waals surface area contributed by atoms with E-state index in [9.17, 15) is 13.2 Å². The second kappa shape index (κ2) is 9.07. The van der Waals surface area contributed by atoms with Crippen LogP contribution in [0.15, 0.2) is 18.2 Å². The lowest BCUT2D eigenvalue weighted by atomic mass is 10.2. The number of nitrogens with one attached hydrogen (secondary N) is 1. The lowest BCUT2D eigenvalue weighted by molar-refractivity contribution is -0.114. The molecule has 0 aliphatic rings. The van der Waals surface area contributed by atoms with E-state index in [-0.39, 0.29) is 25.5 Å². The molecule has 0 spiro atoms. The van der Waals surface area contributed by atoms with E-state index in [1.54, 1.807) is 23.1 Å².